The largest absolute Gasteiger partial charge is 0.486 e. The standard InChI is InChI=1S/C18H20N2O5S/c1-2-3-13-4-7-15(8-5-13)26(22,23)20-19-18(21)14-6-9-16-17(12-14)25-11-10-24-16/h4-9,12,20H,2-3,10-11H2,1H3,(H,19,21). The Morgan fingerprint density at radius 3 is 2.42 bits per heavy atom. The molecule has 0 saturated carbocycles. The van der Waals surface area contributed by atoms with Crippen molar-refractivity contribution in [2.75, 3.05) is 13.2 Å². The molecular weight excluding hydrogens is 356 g/mol. The summed E-state index contributed by atoms with van der Waals surface area (Å²) < 4.78 is 35.4. The van der Waals surface area contributed by atoms with E-state index in [9.17, 15) is 13.2 Å². The van der Waals surface area contributed by atoms with Crippen molar-refractivity contribution in [2.45, 2.75) is 24.7 Å². The predicted molar refractivity (Wildman–Crippen MR) is 95.7 cm³/mol. The third kappa shape index (κ3) is 4.14. The number of sulfonamides is 1. The van der Waals surface area contributed by atoms with Crippen LogP contribution in [0.1, 0.15) is 29.3 Å². The van der Waals surface area contributed by atoms with Gasteiger partial charge in [0.25, 0.3) is 15.9 Å². The molecule has 1 amide bonds. The van der Waals surface area contributed by atoms with Crippen LogP contribution in [0.4, 0.5) is 0 Å². The smallest absolute Gasteiger partial charge is 0.266 e. The molecule has 0 radical (unpaired) electrons. The van der Waals surface area contributed by atoms with Crippen LogP contribution in [0.25, 0.3) is 0 Å². The molecule has 0 spiro atoms. The van der Waals surface area contributed by atoms with Gasteiger partial charge in [0.05, 0.1) is 4.90 Å². The number of carbonyl (C=O) groups is 1. The summed E-state index contributed by atoms with van der Waals surface area (Å²) in [5, 5.41) is 0. The van der Waals surface area contributed by atoms with E-state index in [1.807, 2.05) is 0 Å². The number of hydrogen-bond donors (Lipinski definition) is 2. The summed E-state index contributed by atoms with van der Waals surface area (Å²) in [6.45, 7) is 2.91. The van der Waals surface area contributed by atoms with E-state index in [1.165, 1.54) is 24.3 Å². The first-order chi connectivity index (χ1) is 12.5. The number of benzene rings is 2. The quantitative estimate of drug-likeness (QED) is 0.753. The van der Waals surface area contributed by atoms with Gasteiger partial charge >= 0.3 is 0 Å². The van der Waals surface area contributed by atoms with Gasteiger partial charge in [0, 0.05) is 5.56 Å². The summed E-state index contributed by atoms with van der Waals surface area (Å²) in [6, 6.07) is 11.2. The zero-order valence-electron chi connectivity index (χ0n) is 14.3. The number of nitrogens with one attached hydrogen (secondary N) is 2. The summed E-state index contributed by atoms with van der Waals surface area (Å²) >= 11 is 0. The number of carbonyl (C=O) groups excluding carboxylic acids is 1. The van der Waals surface area contributed by atoms with Gasteiger partial charge in [-0.05, 0) is 42.3 Å². The van der Waals surface area contributed by atoms with Crippen LogP contribution in [-0.4, -0.2) is 27.5 Å². The molecule has 3 rings (SSSR count). The molecule has 1 aliphatic heterocycles. The molecule has 2 aromatic carbocycles. The maximum Gasteiger partial charge on any atom is 0.266 e. The molecule has 2 aromatic rings. The summed E-state index contributed by atoms with van der Waals surface area (Å²) in [5.41, 5.74) is 3.53. The molecule has 138 valence electrons. The highest BCUT2D eigenvalue weighted by Crippen LogP contribution is 2.30. The Hall–Kier alpha value is -2.58. The van der Waals surface area contributed by atoms with E-state index in [0.717, 1.165) is 18.4 Å². The lowest BCUT2D eigenvalue weighted by molar-refractivity contribution is 0.0944. The summed E-state index contributed by atoms with van der Waals surface area (Å²) in [6.07, 6.45) is 1.87. The van der Waals surface area contributed by atoms with Gasteiger partial charge in [-0.1, -0.05) is 25.5 Å². The average Bonchev–Trinajstić information content (AvgIpc) is 2.66. The number of fused-ring (bicyclic) bond motifs is 1. The summed E-state index contributed by atoms with van der Waals surface area (Å²) in [4.78, 5) is 14.4. The zero-order valence-corrected chi connectivity index (χ0v) is 15.1. The lowest BCUT2D eigenvalue weighted by Gasteiger charge is -2.18. The molecule has 1 heterocycles. The Labute approximate surface area is 152 Å². The van der Waals surface area contributed by atoms with Crippen LogP contribution >= 0.6 is 0 Å². The molecule has 0 atom stereocenters. The van der Waals surface area contributed by atoms with Gasteiger partial charge in [-0.15, -0.1) is 4.83 Å². The van der Waals surface area contributed by atoms with Crippen molar-refractivity contribution in [1.82, 2.24) is 10.3 Å². The van der Waals surface area contributed by atoms with E-state index >= 15 is 0 Å². The van der Waals surface area contributed by atoms with Gasteiger partial charge in [-0.25, -0.2) is 8.42 Å². The van der Waals surface area contributed by atoms with Crippen LogP contribution in [0.3, 0.4) is 0 Å². The van der Waals surface area contributed by atoms with Gasteiger partial charge in [0.15, 0.2) is 11.5 Å². The third-order valence-electron chi connectivity index (χ3n) is 3.88. The maximum atomic E-state index is 12.3. The Bertz CT molecular complexity index is 894. The second-order valence-corrected chi connectivity index (χ2v) is 7.49. The minimum atomic E-state index is -3.85. The second-order valence-electron chi connectivity index (χ2n) is 5.81. The lowest BCUT2D eigenvalue weighted by Crippen LogP contribution is -2.41. The van der Waals surface area contributed by atoms with Crippen molar-refractivity contribution in [3.63, 3.8) is 0 Å². The lowest BCUT2D eigenvalue weighted by atomic mass is 10.1. The highest BCUT2D eigenvalue weighted by atomic mass is 32.2. The van der Waals surface area contributed by atoms with Crippen molar-refractivity contribution in [3.8, 4) is 11.5 Å². The van der Waals surface area contributed by atoms with Crippen LogP contribution in [0.5, 0.6) is 11.5 Å². The van der Waals surface area contributed by atoms with Crippen molar-refractivity contribution >= 4 is 15.9 Å². The van der Waals surface area contributed by atoms with Crippen molar-refractivity contribution < 1.29 is 22.7 Å². The van der Waals surface area contributed by atoms with E-state index in [-0.39, 0.29) is 10.5 Å². The third-order valence-corrected chi connectivity index (χ3v) is 5.14. The van der Waals surface area contributed by atoms with E-state index in [1.54, 1.807) is 18.2 Å². The van der Waals surface area contributed by atoms with Crippen LogP contribution in [0, 0.1) is 0 Å². The Kier molecular flexibility index (Phi) is 5.43. The maximum absolute atomic E-state index is 12.3. The number of aryl methyl sites for hydroxylation is 1. The van der Waals surface area contributed by atoms with E-state index < -0.39 is 15.9 Å². The molecule has 7 nitrogen and oxygen atoms in total. The number of hydrazine groups is 1. The SMILES string of the molecule is CCCc1ccc(S(=O)(=O)NNC(=O)c2ccc3c(c2)OCCO3)cc1. The first kappa shape index (κ1) is 18.2. The average molecular weight is 376 g/mol. The number of hydrogen-bond acceptors (Lipinski definition) is 5. The van der Waals surface area contributed by atoms with E-state index in [2.05, 4.69) is 17.2 Å². The predicted octanol–water partition coefficient (Wildman–Crippen LogP) is 2.03. The van der Waals surface area contributed by atoms with Crippen molar-refractivity contribution in [2.24, 2.45) is 0 Å². The zero-order chi connectivity index (χ0) is 18.6. The van der Waals surface area contributed by atoms with Gasteiger partial charge < -0.3 is 9.47 Å². The summed E-state index contributed by atoms with van der Waals surface area (Å²) in [7, 11) is -3.85. The normalized spacial score (nSPS) is 13.3. The Morgan fingerprint density at radius 1 is 1.04 bits per heavy atom. The fraction of sp³-hybridized carbons (Fsp3) is 0.278. The van der Waals surface area contributed by atoms with Crippen LogP contribution in [-0.2, 0) is 16.4 Å². The van der Waals surface area contributed by atoms with Gasteiger partial charge in [-0.3, -0.25) is 10.2 Å². The van der Waals surface area contributed by atoms with Crippen LogP contribution in [0.15, 0.2) is 47.4 Å². The van der Waals surface area contributed by atoms with E-state index in [0.29, 0.717) is 24.7 Å². The molecule has 8 heteroatoms. The van der Waals surface area contributed by atoms with Crippen LogP contribution in [0.2, 0.25) is 0 Å². The number of amides is 1. The summed E-state index contributed by atoms with van der Waals surface area (Å²) in [5.74, 6) is 0.423. The molecular formula is C18H20N2O5S. The highest BCUT2D eigenvalue weighted by Gasteiger charge is 2.18. The fourth-order valence-electron chi connectivity index (χ4n) is 2.55. The molecule has 0 bridgehead atoms. The Balaban J connectivity index is 1.66. The second kappa shape index (κ2) is 7.76. The van der Waals surface area contributed by atoms with Crippen molar-refractivity contribution in [3.05, 3.63) is 53.6 Å². The highest BCUT2D eigenvalue weighted by molar-refractivity contribution is 7.89. The number of rotatable bonds is 6. The first-order valence-electron chi connectivity index (χ1n) is 8.30. The molecule has 0 fully saturated rings. The van der Waals surface area contributed by atoms with Crippen molar-refractivity contribution in [1.29, 1.82) is 0 Å². The van der Waals surface area contributed by atoms with E-state index in [4.69, 9.17) is 9.47 Å². The molecule has 0 aromatic heterocycles. The van der Waals surface area contributed by atoms with Crippen LogP contribution < -0.4 is 19.7 Å². The van der Waals surface area contributed by atoms with Gasteiger partial charge in [0.2, 0.25) is 0 Å². The first-order valence-corrected chi connectivity index (χ1v) is 9.78. The molecule has 1 aliphatic rings. The van der Waals surface area contributed by atoms with Gasteiger partial charge in [-0.2, -0.15) is 0 Å². The topological polar surface area (TPSA) is 93.7 Å². The number of ether oxygens (including phenoxy) is 2. The molecule has 0 unspecified atom stereocenters. The molecule has 0 aliphatic carbocycles. The monoisotopic (exact) mass is 376 g/mol. The molecule has 0 saturated heterocycles. The minimum absolute atomic E-state index is 0.0832. The fourth-order valence-corrected chi connectivity index (χ4v) is 3.39. The minimum Gasteiger partial charge on any atom is -0.486 e. The molecule has 26 heavy (non-hydrogen) atoms. The molecule has 2 N–H and O–H groups in total. The van der Waals surface area contributed by atoms with Gasteiger partial charge in [0.1, 0.15) is 13.2 Å². The Morgan fingerprint density at radius 2 is 1.73 bits per heavy atom.